The van der Waals surface area contributed by atoms with E-state index in [2.05, 4.69) is 59.6 Å². The normalized spacial score (nSPS) is 18.9. The van der Waals surface area contributed by atoms with Crippen LogP contribution in [0.25, 0.3) is 0 Å². The lowest BCUT2D eigenvalue weighted by molar-refractivity contribution is 0.186. The van der Waals surface area contributed by atoms with E-state index >= 15 is 0 Å². The third kappa shape index (κ3) is 5.24. The first-order valence-electron chi connectivity index (χ1n) is 9.93. The summed E-state index contributed by atoms with van der Waals surface area (Å²) >= 11 is 0. The minimum absolute atomic E-state index is 0.418. The Morgan fingerprint density at radius 2 is 1.85 bits per heavy atom. The minimum Gasteiger partial charge on any atom is -0.493 e. The molecule has 4 nitrogen and oxygen atoms in total. The van der Waals surface area contributed by atoms with Crippen molar-refractivity contribution in [2.45, 2.75) is 31.7 Å². The summed E-state index contributed by atoms with van der Waals surface area (Å²) < 4.78 is 10.8. The van der Waals surface area contributed by atoms with Gasteiger partial charge in [-0.3, -0.25) is 0 Å². The summed E-state index contributed by atoms with van der Waals surface area (Å²) in [7, 11) is 3.37. The highest BCUT2D eigenvalue weighted by Crippen LogP contribution is 2.32. The minimum atomic E-state index is 0.418. The molecular weight excluding hydrogens is 336 g/mol. The van der Waals surface area contributed by atoms with Gasteiger partial charge in [-0.05, 0) is 48.6 Å². The average molecular weight is 369 g/mol. The van der Waals surface area contributed by atoms with E-state index in [1.54, 1.807) is 14.2 Å². The zero-order chi connectivity index (χ0) is 19.1. The Kier molecular flexibility index (Phi) is 7.13. The van der Waals surface area contributed by atoms with Crippen molar-refractivity contribution in [3.63, 3.8) is 0 Å². The molecule has 0 amide bonds. The van der Waals surface area contributed by atoms with E-state index < -0.39 is 0 Å². The monoisotopic (exact) mass is 368 g/mol. The van der Waals surface area contributed by atoms with Crippen molar-refractivity contribution in [3.8, 4) is 11.5 Å². The molecule has 2 atom stereocenters. The largest absolute Gasteiger partial charge is 0.493 e. The van der Waals surface area contributed by atoms with Gasteiger partial charge in [-0.25, -0.2) is 0 Å². The predicted molar refractivity (Wildman–Crippen MR) is 111 cm³/mol. The number of ether oxygens (including phenoxy) is 2. The van der Waals surface area contributed by atoms with Crippen LogP contribution in [-0.4, -0.2) is 51.3 Å². The fourth-order valence-corrected chi connectivity index (χ4v) is 3.90. The van der Waals surface area contributed by atoms with E-state index in [0.717, 1.165) is 44.1 Å². The van der Waals surface area contributed by atoms with Crippen LogP contribution in [0.2, 0.25) is 0 Å². The van der Waals surface area contributed by atoms with Gasteiger partial charge in [-0.1, -0.05) is 43.3 Å². The summed E-state index contributed by atoms with van der Waals surface area (Å²) in [4.78, 5) is 2.60. The number of hydrogen-bond acceptors (Lipinski definition) is 4. The Bertz CT molecular complexity index is 705. The van der Waals surface area contributed by atoms with Crippen LogP contribution in [0.5, 0.6) is 11.5 Å². The maximum atomic E-state index is 5.47. The fourth-order valence-electron chi connectivity index (χ4n) is 3.90. The zero-order valence-corrected chi connectivity index (χ0v) is 16.8. The van der Waals surface area contributed by atoms with Crippen LogP contribution >= 0.6 is 0 Å². The number of rotatable bonds is 8. The third-order valence-electron chi connectivity index (χ3n) is 5.61. The molecule has 1 fully saturated rings. The first kappa shape index (κ1) is 19.7. The summed E-state index contributed by atoms with van der Waals surface area (Å²) in [5, 5.41) is 3.71. The average Bonchev–Trinajstić information content (AvgIpc) is 2.73. The molecule has 0 radical (unpaired) electrons. The van der Waals surface area contributed by atoms with Crippen molar-refractivity contribution < 1.29 is 9.47 Å². The number of benzene rings is 2. The van der Waals surface area contributed by atoms with Crippen LogP contribution in [-0.2, 0) is 6.42 Å². The highest BCUT2D eigenvalue weighted by atomic mass is 16.5. The summed E-state index contributed by atoms with van der Waals surface area (Å²) in [6, 6.07) is 17.5. The molecule has 2 aromatic rings. The van der Waals surface area contributed by atoms with Gasteiger partial charge in [0.1, 0.15) is 0 Å². The van der Waals surface area contributed by atoms with E-state index in [-0.39, 0.29) is 0 Å². The number of methoxy groups -OCH3 is 2. The Labute approximate surface area is 163 Å². The first-order valence-corrected chi connectivity index (χ1v) is 9.93. The van der Waals surface area contributed by atoms with E-state index in [0.29, 0.717) is 12.0 Å². The third-order valence-corrected chi connectivity index (χ3v) is 5.61. The van der Waals surface area contributed by atoms with Gasteiger partial charge in [-0.15, -0.1) is 0 Å². The maximum absolute atomic E-state index is 5.47. The lowest BCUT2D eigenvalue weighted by Gasteiger charge is -2.37. The molecule has 2 aromatic carbocycles. The summed E-state index contributed by atoms with van der Waals surface area (Å²) in [6.45, 7) is 6.72. The second-order valence-corrected chi connectivity index (χ2v) is 7.35. The molecule has 1 saturated heterocycles. The van der Waals surface area contributed by atoms with Gasteiger partial charge in [0.2, 0.25) is 0 Å². The molecule has 2 unspecified atom stereocenters. The van der Waals surface area contributed by atoms with Crippen LogP contribution in [0.1, 0.15) is 30.4 Å². The van der Waals surface area contributed by atoms with Crippen molar-refractivity contribution in [1.82, 2.24) is 10.2 Å². The van der Waals surface area contributed by atoms with Crippen molar-refractivity contribution in [2.75, 3.05) is 40.4 Å². The Morgan fingerprint density at radius 1 is 1.07 bits per heavy atom. The van der Waals surface area contributed by atoms with Gasteiger partial charge in [0.25, 0.3) is 0 Å². The van der Waals surface area contributed by atoms with Crippen LogP contribution < -0.4 is 14.8 Å². The topological polar surface area (TPSA) is 33.7 Å². The number of nitrogens with one attached hydrogen (secondary N) is 1. The number of piperazine rings is 1. The molecule has 1 aliphatic rings. The quantitative estimate of drug-likeness (QED) is 0.770. The van der Waals surface area contributed by atoms with Gasteiger partial charge in [0.05, 0.1) is 14.2 Å². The SMILES string of the molecule is COc1ccc(C(C)C2CN(CCCc3ccccc3)CCN2)cc1OC. The van der Waals surface area contributed by atoms with Crippen molar-refractivity contribution in [3.05, 3.63) is 59.7 Å². The van der Waals surface area contributed by atoms with E-state index in [4.69, 9.17) is 9.47 Å². The molecule has 0 saturated carbocycles. The number of nitrogens with zero attached hydrogens (tertiary/aromatic N) is 1. The van der Waals surface area contributed by atoms with Crippen LogP contribution in [0.15, 0.2) is 48.5 Å². The molecule has 27 heavy (non-hydrogen) atoms. The van der Waals surface area contributed by atoms with Crippen LogP contribution in [0.4, 0.5) is 0 Å². The highest BCUT2D eigenvalue weighted by Gasteiger charge is 2.25. The molecule has 1 heterocycles. The lowest BCUT2D eigenvalue weighted by atomic mass is 9.91. The van der Waals surface area contributed by atoms with E-state index in [9.17, 15) is 0 Å². The zero-order valence-electron chi connectivity index (χ0n) is 16.8. The smallest absolute Gasteiger partial charge is 0.160 e. The molecule has 4 heteroatoms. The fraction of sp³-hybridized carbons (Fsp3) is 0.478. The molecule has 0 aromatic heterocycles. The second kappa shape index (κ2) is 9.77. The molecule has 1 N–H and O–H groups in total. The van der Waals surface area contributed by atoms with Gasteiger partial charge in [0, 0.05) is 25.7 Å². The first-order chi connectivity index (χ1) is 13.2. The summed E-state index contributed by atoms with van der Waals surface area (Å²) in [6.07, 6.45) is 2.36. The molecule has 0 bridgehead atoms. The molecular formula is C23H32N2O2. The summed E-state index contributed by atoms with van der Waals surface area (Å²) in [5.41, 5.74) is 2.72. The van der Waals surface area contributed by atoms with Crippen molar-refractivity contribution in [1.29, 1.82) is 0 Å². The van der Waals surface area contributed by atoms with Crippen molar-refractivity contribution >= 4 is 0 Å². The van der Waals surface area contributed by atoms with Crippen molar-refractivity contribution in [2.24, 2.45) is 0 Å². The second-order valence-electron chi connectivity index (χ2n) is 7.35. The molecule has 146 valence electrons. The predicted octanol–water partition coefficient (Wildman–Crippen LogP) is 3.71. The molecule has 0 spiro atoms. The van der Waals surface area contributed by atoms with Gasteiger partial charge >= 0.3 is 0 Å². The lowest BCUT2D eigenvalue weighted by Crippen LogP contribution is -2.52. The molecule has 0 aliphatic carbocycles. The standard InChI is InChI=1S/C23H32N2O2/c1-18(20-11-12-22(26-2)23(16-20)27-3)21-17-25(15-13-24-21)14-7-10-19-8-5-4-6-9-19/h4-6,8-9,11-12,16,18,21,24H,7,10,13-15,17H2,1-3H3. The Balaban J connectivity index is 1.55. The van der Waals surface area contributed by atoms with Gasteiger partial charge < -0.3 is 19.7 Å². The van der Waals surface area contributed by atoms with Crippen LogP contribution in [0.3, 0.4) is 0 Å². The van der Waals surface area contributed by atoms with Crippen LogP contribution in [0, 0.1) is 0 Å². The Hall–Kier alpha value is -2.04. The molecule has 1 aliphatic heterocycles. The Morgan fingerprint density at radius 3 is 2.59 bits per heavy atom. The molecule has 3 rings (SSSR count). The van der Waals surface area contributed by atoms with E-state index in [1.165, 1.54) is 17.5 Å². The van der Waals surface area contributed by atoms with Gasteiger partial charge in [-0.2, -0.15) is 0 Å². The number of hydrogen-bond donors (Lipinski definition) is 1. The summed E-state index contributed by atoms with van der Waals surface area (Å²) in [5.74, 6) is 2.01. The maximum Gasteiger partial charge on any atom is 0.160 e. The highest BCUT2D eigenvalue weighted by molar-refractivity contribution is 5.44. The van der Waals surface area contributed by atoms with Gasteiger partial charge in [0.15, 0.2) is 11.5 Å². The number of aryl methyl sites for hydroxylation is 1. The van der Waals surface area contributed by atoms with E-state index in [1.807, 2.05) is 6.07 Å².